The van der Waals surface area contributed by atoms with Gasteiger partial charge in [-0.3, -0.25) is 9.55 Å². The molecule has 49 heavy (non-hydrogen) atoms. The normalized spacial score (nSPS) is 12.5. The molecule has 0 bridgehead atoms. The fraction of sp³-hybridized carbons (Fsp3) is 0.244. The number of benzene rings is 4. The van der Waals surface area contributed by atoms with Crippen molar-refractivity contribution in [2.75, 3.05) is 0 Å². The van der Waals surface area contributed by atoms with Gasteiger partial charge < -0.3 is 4.74 Å². The van der Waals surface area contributed by atoms with Gasteiger partial charge in [-0.15, -0.1) is 0 Å². The Labute approximate surface area is 290 Å². The first-order chi connectivity index (χ1) is 23.3. The van der Waals surface area contributed by atoms with Crippen LogP contribution in [0, 0.1) is 0 Å². The molecule has 3 aromatic heterocycles. The number of aromatic nitrogens is 3. The summed E-state index contributed by atoms with van der Waals surface area (Å²) in [6.07, 6.45) is 3.84. The van der Waals surface area contributed by atoms with Crippen molar-refractivity contribution < 1.29 is 4.74 Å². The van der Waals surface area contributed by atoms with Gasteiger partial charge in [-0.05, 0) is 93.7 Å². The van der Waals surface area contributed by atoms with Crippen molar-refractivity contribution in [2.24, 2.45) is 0 Å². The Morgan fingerprint density at radius 3 is 1.88 bits per heavy atom. The summed E-state index contributed by atoms with van der Waals surface area (Å²) >= 11 is 0. The molecule has 0 saturated heterocycles. The Balaban J connectivity index is 1.38. The summed E-state index contributed by atoms with van der Waals surface area (Å²) in [6.45, 7) is 18.0. The highest BCUT2D eigenvalue weighted by Crippen LogP contribution is 2.40. The van der Waals surface area contributed by atoms with Crippen molar-refractivity contribution in [3.8, 4) is 28.6 Å². The monoisotopic (exact) mass is 643 g/mol. The summed E-state index contributed by atoms with van der Waals surface area (Å²) in [7, 11) is 0. The maximum atomic E-state index is 6.82. The van der Waals surface area contributed by atoms with Crippen molar-refractivity contribution in [3.63, 3.8) is 0 Å². The first-order valence-electron chi connectivity index (χ1n) is 17.1. The molecule has 0 aliphatic rings. The fourth-order valence-corrected chi connectivity index (χ4v) is 6.65. The summed E-state index contributed by atoms with van der Waals surface area (Å²) in [5.74, 6) is 2.43. The number of para-hydroxylation sites is 1. The molecule has 0 N–H and O–H groups in total. The van der Waals surface area contributed by atoms with Crippen LogP contribution >= 0.6 is 0 Å². The zero-order valence-corrected chi connectivity index (χ0v) is 29.9. The highest BCUT2D eigenvalue weighted by molar-refractivity contribution is 6.09. The van der Waals surface area contributed by atoms with E-state index in [9.17, 15) is 0 Å². The molecule has 0 spiro atoms. The summed E-state index contributed by atoms with van der Waals surface area (Å²) in [6, 6.07) is 40.8. The molecule has 4 aromatic carbocycles. The summed E-state index contributed by atoms with van der Waals surface area (Å²) in [4.78, 5) is 9.70. The summed E-state index contributed by atoms with van der Waals surface area (Å²) in [5.41, 5.74) is 8.76. The Morgan fingerprint density at radius 1 is 0.490 bits per heavy atom. The lowest BCUT2D eigenvalue weighted by molar-refractivity contribution is 0.480. The lowest BCUT2D eigenvalue weighted by Crippen LogP contribution is -2.19. The maximum absolute atomic E-state index is 6.82. The second-order valence-corrected chi connectivity index (χ2v) is 15.7. The third kappa shape index (κ3) is 6.24. The molecule has 7 rings (SSSR count). The molecule has 4 nitrogen and oxygen atoms in total. The van der Waals surface area contributed by atoms with Crippen molar-refractivity contribution in [1.29, 1.82) is 0 Å². The average molecular weight is 644 g/mol. The number of nitrogens with zero attached hydrogens (tertiary/aromatic N) is 3. The summed E-state index contributed by atoms with van der Waals surface area (Å²) < 4.78 is 9.08. The van der Waals surface area contributed by atoms with Crippen LogP contribution in [0.5, 0.6) is 11.5 Å². The van der Waals surface area contributed by atoms with Gasteiger partial charge in [0.15, 0.2) is 0 Å². The van der Waals surface area contributed by atoms with E-state index in [1.807, 2.05) is 12.4 Å². The predicted octanol–water partition coefficient (Wildman–Crippen LogP) is 12.0. The molecule has 0 fully saturated rings. The minimum Gasteiger partial charge on any atom is -0.457 e. The molecule has 3 heterocycles. The Morgan fingerprint density at radius 2 is 1.14 bits per heavy atom. The van der Waals surface area contributed by atoms with Crippen molar-refractivity contribution in [1.82, 2.24) is 14.5 Å². The van der Waals surface area contributed by atoms with E-state index in [4.69, 9.17) is 14.7 Å². The third-order valence-electron chi connectivity index (χ3n) is 9.77. The van der Waals surface area contributed by atoms with Gasteiger partial charge in [0.1, 0.15) is 17.3 Å². The first kappa shape index (κ1) is 32.3. The van der Waals surface area contributed by atoms with Gasteiger partial charge in [-0.25, -0.2) is 4.98 Å². The minimum absolute atomic E-state index is 0.00221. The van der Waals surface area contributed by atoms with E-state index in [2.05, 4.69) is 175 Å². The maximum Gasteiger partial charge on any atom is 0.137 e. The lowest BCUT2D eigenvalue weighted by atomic mass is 9.77. The van der Waals surface area contributed by atoms with Gasteiger partial charge in [-0.2, -0.15) is 0 Å². The standard InChI is InChI=1S/C45H45N3O/c1-43(2,3)32-20-22-46-39(27-32)30-24-34(45(7,8)31-14-10-9-11-15-31)26-36(25-30)49-35-18-19-38-37-16-12-13-17-40(37)48(41(38)29-35)42-28-33(21-23-47-42)44(4,5)6/h9-29H,1-8H3. The highest BCUT2D eigenvalue weighted by atomic mass is 16.5. The van der Waals surface area contributed by atoms with Crippen LogP contribution in [0.4, 0.5) is 0 Å². The molecule has 7 aromatic rings. The molecule has 0 atom stereocenters. The number of hydrogen-bond acceptors (Lipinski definition) is 3. The van der Waals surface area contributed by atoms with E-state index >= 15 is 0 Å². The molecule has 0 unspecified atom stereocenters. The van der Waals surface area contributed by atoms with E-state index in [-0.39, 0.29) is 16.2 Å². The van der Waals surface area contributed by atoms with Crippen LogP contribution in [0.2, 0.25) is 0 Å². The topological polar surface area (TPSA) is 39.9 Å². The van der Waals surface area contributed by atoms with Crippen LogP contribution in [-0.4, -0.2) is 14.5 Å². The van der Waals surface area contributed by atoms with Crippen molar-refractivity contribution in [2.45, 2.75) is 71.6 Å². The van der Waals surface area contributed by atoms with Crippen LogP contribution in [0.3, 0.4) is 0 Å². The van der Waals surface area contributed by atoms with E-state index in [1.54, 1.807) is 0 Å². The minimum atomic E-state index is -0.267. The highest BCUT2D eigenvalue weighted by Gasteiger charge is 2.25. The van der Waals surface area contributed by atoms with Crippen LogP contribution in [0.15, 0.2) is 128 Å². The molecule has 4 heteroatoms. The quantitative estimate of drug-likeness (QED) is 0.181. The van der Waals surface area contributed by atoms with Gasteiger partial charge in [0.05, 0.1) is 16.7 Å². The molecule has 246 valence electrons. The zero-order valence-electron chi connectivity index (χ0n) is 29.9. The molecule has 0 saturated carbocycles. The summed E-state index contributed by atoms with van der Waals surface area (Å²) in [5, 5.41) is 2.35. The molecule has 0 aliphatic heterocycles. The second-order valence-electron chi connectivity index (χ2n) is 15.7. The number of ether oxygens (including phenoxy) is 1. The largest absolute Gasteiger partial charge is 0.457 e. The Bertz CT molecular complexity index is 2300. The number of pyridine rings is 2. The molecular weight excluding hydrogens is 599 g/mol. The number of fused-ring (bicyclic) bond motifs is 3. The van der Waals surface area contributed by atoms with E-state index in [1.165, 1.54) is 22.1 Å². The van der Waals surface area contributed by atoms with E-state index in [0.717, 1.165) is 50.6 Å². The molecule has 0 aliphatic carbocycles. The molecular formula is C45H45N3O. The van der Waals surface area contributed by atoms with Crippen molar-refractivity contribution >= 4 is 21.8 Å². The Kier molecular flexibility index (Phi) is 7.94. The SMILES string of the molecule is CC(C)(C)c1ccnc(-c2cc(Oc3ccc4c5ccccc5n(-c5cc(C(C)(C)C)ccn5)c4c3)cc(C(C)(C)c3ccccc3)c2)c1. The van der Waals surface area contributed by atoms with Gasteiger partial charge in [0, 0.05) is 40.2 Å². The fourth-order valence-electron chi connectivity index (χ4n) is 6.65. The van der Waals surface area contributed by atoms with Crippen LogP contribution < -0.4 is 4.74 Å². The van der Waals surface area contributed by atoms with Gasteiger partial charge in [-0.1, -0.05) is 104 Å². The molecule has 0 radical (unpaired) electrons. The molecule has 0 amide bonds. The lowest BCUT2D eigenvalue weighted by Gasteiger charge is -2.27. The van der Waals surface area contributed by atoms with Gasteiger partial charge >= 0.3 is 0 Å². The van der Waals surface area contributed by atoms with E-state index in [0.29, 0.717) is 0 Å². The zero-order chi connectivity index (χ0) is 34.6. The smallest absolute Gasteiger partial charge is 0.137 e. The van der Waals surface area contributed by atoms with Crippen LogP contribution in [0.25, 0.3) is 38.9 Å². The second kappa shape index (κ2) is 12.0. The van der Waals surface area contributed by atoms with Crippen molar-refractivity contribution in [3.05, 3.63) is 150 Å². The van der Waals surface area contributed by atoms with Gasteiger partial charge in [0.25, 0.3) is 0 Å². The Hall–Kier alpha value is -5.22. The predicted molar refractivity (Wildman–Crippen MR) is 204 cm³/mol. The van der Waals surface area contributed by atoms with Crippen LogP contribution in [-0.2, 0) is 16.2 Å². The number of rotatable bonds is 6. The first-order valence-corrected chi connectivity index (χ1v) is 17.1. The average Bonchev–Trinajstić information content (AvgIpc) is 3.41. The van der Waals surface area contributed by atoms with Crippen LogP contribution in [0.1, 0.15) is 77.6 Å². The van der Waals surface area contributed by atoms with E-state index < -0.39 is 0 Å². The van der Waals surface area contributed by atoms with Gasteiger partial charge in [0.2, 0.25) is 0 Å². The third-order valence-corrected chi connectivity index (χ3v) is 9.77. The number of hydrogen-bond donors (Lipinski definition) is 0.